The average Bonchev–Trinajstić information content (AvgIpc) is 3.11. The van der Waals surface area contributed by atoms with Crippen molar-refractivity contribution in [3.63, 3.8) is 0 Å². The van der Waals surface area contributed by atoms with E-state index in [1.54, 1.807) is 31.1 Å². The maximum Gasteiger partial charge on any atom is 0.253 e. The molecule has 1 atom stereocenters. The largest absolute Gasteiger partial charge is 0.378 e. The second-order valence-corrected chi connectivity index (χ2v) is 8.87. The van der Waals surface area contributed by atoms with Crippen LogP contribution in [0, 0.1) is 5.82 Å². The molecule has 1 heterocycles. The number of hydrogen-bond acceptors (Lipinski definition) is 2. The minimum Gasteiger partial charge on any atom is -0.378 e. The van der Waals surface area contributed by atoms with Crippen molar-refractivity contribution in [2.75, 3.05) is 19.4 Å². The minimum absolute atomic E-state index is 0.0287. The van der Waals surface area contributed by atoms with Gasteiger partial charge in [0.2, 0.25) is 0 Å². The SMILES string of the molecule is CN(C)C(=O)c1ccc2c(c1)C1(CCCC1)CC(c1cc(F)ccc1Br)N2. The second kappa shape index (κ2) is 6.93. The number of halogens is 2. The molecule has 2 aromatic rings. The van der Waals surface area contributed by atoms with Gasteiger partial charge < -0.3 is 10.2 Å². The normalized spacial score (nSPS) is 20.2. The lowest BCUT2D eigenvalue weighted by atomic mass is 9.69. The quantitative estimate of drug-likeness (QED) is 0.666. The molecule has 1 unspecified atom stereocenters. The fourth-order valence-corrected chi connectivity index (χ4v) is 5.26. The smallest absolute Gasteiger partial charge is 0.253 e. The highest BCUT2D eigenvalue weighted by molar-refractivity contribution is 9.10. The van der Waals surface area contributed by atoms with Crippen LogP contribution in [0.25, 0.3) is 0 Å². The second-order valence-electron chi connectivity index (χ2n) is 8.01. The van der Waals surface area contributed by atoms with E-state index in [4.69, 9.17) is 0 Å². The van der Waals surface area contributed by atoms with Crippen LogP contribution in [-0.4, -0.2) is 24.9 Å². The van der Waals surface area contributed by atoms with E-state index in [1.165, 1.54) is 24.5 Å². The van der Waals surface area contributed by atoms with Gasteiger partial charge in [-0.1, -0.05) is 28.8 Å². The third kappa shape index (κ3) is 3.27. The van der Waals surface area contributed by atoms with Crippen molar-refractivity contribution in [2.24, 2.45) is 0 Å². The Morgan fingerprint density at radius 2 is 1.93 bits per heavy atom. The molecule has 1 aliphatic heterocycles. The van der Waals surface area contributed by atoms with Crippen LogP contribution in [0.4, 0.5) is 10.1 Å². The molecule has 2 aromatic carbocycles. The monoisotopic (exact) mass is 430 g/mol. The van der Waals surface area contributed by atoms with Crippen LogP contribution in [-0.2, 0) is 5.41 Å². The van der Waals surface area contributed by atoms with Gasteiger partial charge in [-0.05, 0) is 72.2 Å². The summed E-state index contributed by atoms with van der Waals surface area (Å²) in [5.41, 5.74) is 4.06. The summed E-state index contributed by atoms with van der Waals surface area (Å²) >= 11 is 3.59. The third-order valence-electron chi connectivity index (χ3n) is 6.06. The zero-order valence-electron chi connectivity index (χ0n) is 15.7. The zero-order valence-corrected chi connectivity index (χ0v) is 17.3. The highest BCUT2D eigenvalue weighted by atomic mass is 79.9. The summed E-state index contributed by atoms with van der Waals surface area (Å²) < 4.78 is 14.8. The molecule has 2 aliphatic rings. The first-order chi connectivity index (χ1) is 12.9. The van der Waals surface area contributed by atoms with E-state index < -0.39 is 0 Å². The highest BCUT2D eigenvalue weighted by Crippen LogP contribution is 2.53. The Morgan fingerprint density at radius 1 is 1.19 bits per heavy atom. The summed E-state index contributed by atoms with van der Waals surface area (Å²) in [6.45, 7) is 0. The van der Waals surface area contributed by atoms with Crippen molar-refractivity contribution in [1.29, 1.82) is 0 Å². The van der Waals surface area contributed by atoms with Gasteiger partial charge in [-0.25, -0.2) is 4.39 Å². The molecule has 5 heteroatoms. The van der Waals surface area contributed by atoms with Crippen molar-refractivity contribution in [3.8, 4) is 0 Å². The van der Waals surface area contributed by atoms with Crippen molar-refractivity contribution < 1.29 is 9.18 Å². The number of rotatable bonds is 2. The number of nitrogens with zero attached hydrogens (tertiary/aromatic N) is 1. The Hall–Kier alpha value is -1.88. The van der Waals surface area contributed by atoms with E-state index in [0.717, 1.165) is 40.5 Å². The van der Waals surface area contributed by atoms with Gasteiger partial charge >= 0.3 is 0 Å². The Bertz CT molecular complexity index is 890. The van der Waals surface area contributed by atoms with Crippen LogP contribution in [0.15, 0.2) is 40.9 Å². The standard InChI is InChI=1S/C22H24BrFN2O/c1-26(2)21(27)14-5-8-19-17(11-14)22(9-3-4-10-22)13-20(25-19)16-12-15(24)6-7-18(16)23/h5-8,11-12,20,25H,3-4,9-10,13H2,1-2H3. The molecule has 0 saturated heterocycles. The molecule has 1 aliphatic carbocycles. The molecule has 3 nitrogen and oxygen atoms in total. The molecule has 4 rings (SSSR count). The number of carbonyl (C=O) groups is 1. The Balaban J connectivity index is 1.78. The van der Waals surface area contributed by atoms with Gasteiger partial charge in [0.05, 0.1) is 6.04 Å². The van der Waals surface area contributed by atoms with Crippen molar-refractivity contribution in [3.05, 3.63) is 63.4 Å². The minimum atomic E-state index is -0.215. The molecule has 1 amide bonds. The van der Waals surface area contributed by atoms with Crippen molar-refractivity contribution >= 4 is 27.5 Å². The number of nitrogens with one attached hydrogen (secondary N) is 1. The van der Waals surface area contributed by atoms with Crippen LogP contribution < -0.4 is 5.32 Å². The number of carbonyl (C=O) groups excluding carboxylic acids is 1. The maximum absolute atomic E-state index is 13.9. The summed E-state index contributed by atoms with van der Waals surface area (Å²) in [4.78, 5) is 14.1. The fourth-order valence-electron chi connectivity index (χ4n) is 4.73. The Morgan fingerprint density at radius 3 is 2.63 bits per heavy atom. The van der Waals surface area contributed by atoms with Gasteiger partial charge in [0.1, 0.15) is 5.82 Å². The van der Waals surface area contributed by atoms with Crippen LogP contribution in [0.5, 0.6) is 0 Å². The van der Waals surface area contributed by atoms with E-state index in [0.29, 0.717) is 0 Å². The summed E-state index contributed by atoms with van der Waals surface area (Å²) in [6.07, 6.45) is 5.54. The molecule has 1 spiro atoms. The molecule has 1 N–H and O–H groups in total. The molecule has 27 heavy (non-hydrogen) atoms. The van der Waals surface area contributed by atoms with Gasteiger partial charge in [0, 0.05) is 29.8 Å². The molecular formula is C22H24BrFN2O. The Kier molecular flexibility index (Phi) is 4.75. The Labute approximate surface area is 168 Å². The van der Waals surface area contributed by atoms with Crippen LogP contribution in [0.2, 0.25) is 0 Å². The summed E-state index contributed by atoms with van der Waals surface area (Å²) in [6, 6.07) is 10.9. The molecule has 0 radical (unpaired) electrons. The number of hydrogen-bond donors (Lipinski definition) is 1. The molecule has 1 fully saturated rings. The van der Waals surface area contributed by atoms with E-state index in [1.807, 2.05) is 12.1 Å². The fraction of sp³-hybridized carbons (Fsp3) is 0.409. The van der Waals surface area contributed by atoms with Crippen molar-refractivity contribution in [1.82, 2.24) is 4.90 Å². The van der Waals surface area contributed by atoms with Gasteiger partial charge in [0.25, 0.3) is 5.91 Å². The lowest BCUT2D eigenvalue weighted by Gasteiger charge is -2.42. The van der Waals surface area contributed by atoms with E-state index in [2.05, 4.69) is 27.3 Å². The summed E-state index contributed by atoms with van der Waals surface area (Å²) in [5.74, 6) is -0.186. The van der Waals surface area contributed by atoms with E-state index >= 15 is 0 Å². The molecule has 1 saturated carbocycles. The van der Waals surface area contributed by atoms with E-state index in [9.17, 15) is 9.18 Å². The first kappa shape index (κ1) is 18.5. The molecule has 142 valence electrons. The first-order valence-corrected chi connectivity index (χ1v) is 10.3. The summed E-state index contributed by atoms with van der Waals surface area (Å²) in [7, 11) is 3.56. The number of amides is 1. The average molecular weight is 431 g/mol. The maximum atomic E-state index is 13.9. The van der Waals surface area contributed by atoms with Crippen LogP contribution in [0.3, 0.4) is 0 Å². The third-order valence-corrected chi connectivity index (χ3v) is 6.78. The zero-order chi connectivity index (χ0) is 19.2. The lowest BCUT2D eigenvalue weighted by molar-refractivity contribution is 0.0827. The first-order valence-electron chi connectivity index (χ1n) is 9.47. The lowest BCUT2D eigenvalue weighted by Crippen LogP contribution is -2.34. The van der Waals surface area contributed by atoms with Crippen molar-refractivity contribution in [2.45, 2.75) is 43.6 Å². The summed E-state index contributed by atoms with van der Waals surface area (Å²) in [5, 5.41) is 3.61. The number of anilines is 1. The number of fused-ring (bicyclic) bond motifs is 2. The number of benzene rings is 2. The van der Waals surface area contributed by atoms with Gasteiger partial charge in [-0.3, -0.25) is 4.79 Å². The predicted molar refractivity (Wildman–Crippen MR) is 110 cm³/mol. The highest BCUT2D eigenvalue weighted by Gasteiger charge is 2.43. The topological polar surface area (TPSA) is 32.3 Å². The molecule has 0 bridgehead atoms. The van der Waals surface area contributed by atoms with Gasteiger partial charge in [-0.15, -0.1) is 0 Å². The molecule has 0 aromatic heterocycles. The van der Waals surface area contributed by atoms with Crippen LogP contribution >= 0.6 is 15.9 Å². The predicted octanol–water partition coefficient (Wildman–Crippen LogP) is 5.66. The van der Waals surface area contributed by atoms with Gasteiger partial charge in [0.15, 0.2) is 0 Å². The van der Waals surface area contributed by atoms with Crippen LogP contribution in [0.1, 0.15) is 59.6 Å². The van der Waals surface area contributed by atoms with Gasteiger partial charge in [-0.2, -0.15) is 0 Å². The van der Waals surface area contributed by atoms with E-state index in [-0.39, 0.29) is 23.2 Å². The molecular weight excluding hydrogens is 407 g/mol.